The van der Waals surface area contributed by atoms with Crippen LogP contribution in [-0.2, 0) is 14.3 Å². The monoisotopic (exact) mass is 371 g/mol. The molecule has 1 aliphatic heterocycles. The maximum atomic E-state index is 11.5. The van der Waals surface area contributed by atoms with Crippen molar-refractivity contribution in [1.29, 1.82) is 0 Å². The van der Waals surface area contributed by atoms with E-state index in [-0.39, 0.29) is 30.9 Å². The summed E-state index contributed by atoms with van der Waals surface area (Å²) in [5.41, 5.74) is -0.370. The van der Waals surface area contributed by atoms with Gasteiger partial charge in [0.15, 0.2) is 0 Å². The Labute approximate surface area is 149 Å². The number of carboxylic acid groups (broad SMARTS) is 2. The van der Waals surface area contributed by atoms with Gasteiger partial charge in [0.2, 0.25) is 0 Å². The number of thioether (sulfide) groups is 1. The van der Waals surface area contributed by atoms with Crippen LogP contribution in [0.3, 0.4) is 0 Å². The number of ether oxygens (including phenoxy) is 2. The molecule has 138 valence electrons. The van der Waals surface area contributed by atoms with E-state index < -0.39 is 17.5 Å². The second kappa shape index (κ2) is 7.94. The molecule has 1 aromatic carbocycles. The van der Waals surface area contributed by atoms with Crippen molar-refractivity contribution in [3.63, 3.8) is 0 Å². The van der Waals surface area contributed by atoms with Crippen LogP contribution in [0.2, 0.25) is 0 Å². The average Bonchev–Trinajstić information content (AvgIpc) is 2.84. The Hall–Kier alpha value is -1.97. The molecule has 1 fully saturated rings. The number of phenolic OH excluding ortho intramolecular Hbond substituents is 1. The van der Waals surface area contributed by atoms with Gasteiger partial charge in [0.25, 0.3) is 0 Å². The number of carboxylic acids is 2. The van der Waals surface area contributed by atoms with Crippen LogP contribution in [0.1, 0.15) is 17.9 Å². The molecule has 1 aliphatic rings. The SMILES string of the molecule is CN1C(c2ccc(OCCOCC(=O)O)cc2O)SC[C@]1(C)C(=O)O. The van der Waals surface area contributed by atoms with Crippen LogP contribution < -0.4 is 4.74 Å². The highest BCUT2D eigenvalue weighted by Gasteiger charge is 2.48. The maximum absolute atomic E-state index is 11.5. The summed E-state index contributed by atoms with van der Waals surface area (Å²) in [4.78, 5) is 23.5. The fraction of sp³-hybridized carbons (Fsp3) is 0.500. The molecule has 0 aliphatic carbocycles. The fourth-order valence-electron chi connectivity index (χ4n) is 2.42. The summed E-state index contributed by atoms with van der Waals surface area (Å²) in [5.74, 6) is -1.09. The first-order valence-corrected chi connectivity index (χ1v) is 8.64. The molecule has 0 saturated carbocycles. The van der Waals surface area contributed by atoms with Gasteiger partial charge < -0.3 is 24.8 Å². The highest BCUT2D eigenvalue weighted by molar-refractivity contribution is 7.99. The predicted octanol–water partition coefficient (Wildman–Crippen LogP) is 1.39. The molecule has 2 rings (SSSR count). The number of hydrogen-bond acceptors (Lipinski definition) is 7. The molecule has 0 radical (unpaired) electrons. The third-order valence-corrected chi connectivity index (χ3v) is 5.72. The molecule has 1 saturated heterocycles. The minimum Gasteiger partial charge on any atom is -0.507 e. The van der Waals surface area contributed by atoms with Gasteiger partial charge in [-0.1, -0.05) is 0 Å². The smallest absolute Gasteiger partial charge is 0.329 e. The van der Waals surface area contributed by atoms with Crippen LogP contribution in [0, 0.1) is 0 Å². The number of rotatable bonds is 8. The molecule has 0 bridgehead atoms. The molecule has 2 atom stereocenters. The van der Waals surface area contributed by atoms with Crippen LogP contribution in [0.25, 0.3) is 0 Å². The second-order valence-corrected chi connectivity index (χ2v) is 6.94. The van der Waals surface area contributed by atoms with Crippen molar-refractivity contribution in [2.75, 3.05) is 32.6 Å². The molecule has 0 spiro atoms. The van der Waals surface area contributed by atoms with E-state index in [0.29, 0.717) is 17.1 Å². The van der Waals surface area contributed by atoms with Gasteiger partial charge in [-0.3, -0.25) is 9.69 Å². The number of phenols is 1. The van der Waals surface area contributed by atoms with Gasteiger partial charge in [-0.25, -0.2) is 4.79 Å². The topological polar surface area (TPSA) is 117 Å². The molecule has 1 aromatic rings. The Morgan fingerprint density at radius 1 is 1.36 bits per heavy atom. The minimum atomic E-state index is -1.05. The van der Waals surface area contributed by atoms with Crippen LogP contribution >= 0.6 is 11.8 Å². The summed E-state index contributed by atoms with van der Waals surface area (Å²) >= 11 is 1.45. The van der Waals surface area contributed by atoms with Gasteiger partial charge in [0.1, 0.15) is 30.3 Å². The van der Waals surface area contributed by atoms with E-state index in [0.717, 1.165) is 0 Å². The highest BCUT2D eigenvalue weighted by atomic mass is 32.2. The minimum absolute atomic E-state index is 0.0166. The van der Waals surface area contributed by atoms with Crippen molar-refractivity contribution in [3.05, 3.63) is 23.8 Å². The Morgan fingerprint density at radius 2 is 2.08 bits per heavy atom. The average molecular weight is 371 g/mol. The zero-order valence-corrected chi connectivity index (χ0v) is 14.8. The lowest BCUT2D eigenvalue weighted by Crippen LogP contribution is -2.48. The lowest BCUT2D eigenvalue weighted by molar-refractivity contribution is -0.148. The summed E-state index contributed by atoms with van der Waals surface area (Å²) in [7, 11) is 1.72. The van der Waals surface area contributed by atoms with Crippen LogP contribution in [-0.4, -0.2) is 70.3 Å². The van der Waals surface area contributed by atoms with Gasteiger partial charge in [0, 0.05) is 17.4 Å². The molecule has 1 heterocycles. The number of likely N-dealkylation sites (N-methyl/N-ethyl adjacent to an activating group) is 1. The van der Waals surface area contributed by atoms with Crippen LogP contribution in [0.5, 0.6) is 11.5 Å². The zero-order chi connectivity index (χ0) is 18.6. The Bertz CT molecular complexity index is 653. The lowest BCUT2D eigenvalue weighted by atomic mass is 10.0. The number of nitrogens with zero attached hydrogens (tertiary/aromatic N) is 1. The van der Waals surface area contributed by atoms with Gasteiger partial charge in [-0.15, -0.1) is 11.8 Å². The van der Waals surface area contributed by atoms with Crippen molar-refractivity contribution in [1.82, 2.24) is 4.90 Å². The van der Waals surface area contributed by atoms with Crippen LogP contribution in [0.15, 0.2) is 18.2 Å². The first-order chi connectivity index (χ1) is 11.8. The van der Waals surface area contributed by atoms with Gasteiger partial charge >= 0.3 is 11.9 Å². The lowest BCUT2D eigenvalue weighted by Gasteiger charge is -2.30. The molecule has 0 aromatic heterocycles. The van der Waals surface area contributed by atoms with Crippen molar-refractivity contribution in [2.45, 2.75) is 17.8 Å². The van der Waals surface area contributed by atoms with Gasteiger partial charge in [0.05, 0.1) is 12.0 Å². The predicted molar refractivity (Wildman–Crippen MR) is 91.1 cm³/mol. The van der Waals surface area contributed by atoms with Crippen molar-refractivity contribution in [2.24, 2.45) is 0 Å². The Morgan fingerprint density at radius 3 is 2.64 bits per heavy atom. The summed E-state index contributed by atoms with van der Waals surface area (Å²) in [6.45, 7) is 1.54. The Kier molecular flexibility index (Phi) is 6.15. The van der Waals surface area contributed by atoms with E-state index in [1.807, 2.05) is 0 Å². The largest absolute Gasteiger partial charge is 0.507 e. The quantitative estimate of drug-likeness (QED) is 0.583. The summed E-state index contributed by atoms with van der Waals surface area (Å²) in [6.07, 6.45) is 0. The third-order valence-electron chi connectivity index (χ3n) is 4.10. The summed E-state index contributed by atoms with van der Waals surface area (Å²) in [5, 5.41) is 27.9. The molecule has 9 heteroatoms. The first-order valence-electron chi connectivity index (χ1n) is 7.59. The van der Waals surface area contributed by atoms with Crippen molar-refractivity contribution < 1.29 is 34.4 Å². The second-order valence-electron chi connectivity index (χ2n) is 5.87. The van der Waals surface area contributed by atoms with E-state index in [1.54, 1.807) is 31.0 Å². The number of carbonyl (C=O) groups is 2. The molecular formula is C16H21NO7S. The van der Waals surface area contributed by atoms with Crippen LogP contribution in [0.4, 0.5) is 0 Å². The fourth-order valence-corrected chi connectivity index (χ4v) is 4.07. The van der Waals surface area contributed by atoms with E-state index in [2.05, 4.69) is 0 Å². The van der Waals surface area contributed by atoms with E-state index >= 15 is 0 Å². The number of aliphatic carboxylic acids is 2. The van der Waals surface area contributed by atoms with Crippen molar-refractivity contribution in [3.8, 4) is 11.5 Å². The molecule has 25 heavy (non-hydrogen) atoms. The third kappa shape index (κ3) is 4.36. The molecular weight excluding hydrogens is 350 g/mol. The number of hydrogen-bond donors (Lipinski definition) is 3. The molecule has 0 amide bonds. The van der Waals surface area contributed by atoms with Gasteiger partial charge in [-0.2, -0.15) is 0 Å². The maximum Gasteiger partial charge on any atom is 0.329 e. The number of benzene rings is 1. The standard InChI is InChI=1S/C16H21NO7S/c1-16(15(21)22)9-25-14(17(16)2)11-4-3-10(7-12(11)18)24-6-5-23-8-13(19)20/h3-4,7,14,18H,5-6,8-9H2,1-2H3,(H,19,20)(H,21,22)/t14?,16-/m1/s1. The van der Waals surface area contributed by atoms with E-state index in [4.69, 9.17) is 14.6 Å². The van der Waals surface area contributed by atoms with Gasteiger partial charge in [-0.05, 0) is 26.1 Å². The molecule has 8 nitrogen and oxygen atoms in total. The Balaban J connectivity index is 1.98. The summed E-state index contributed by atoms with van der Waals surface area (Å²) in [6, 6.07) is 4.83. The molecule has 1 unspecified atom stereocenters. The van der Waals surface area contributed by atoms with E-state index in [9.17, 15) is 19.8 Å². The summed E-state index contributed by atoms with van der Waals surface area (Å²) < 4.78 is 10.3. The highest BCUT2D eigenvalue weighted by Crippen LogP contribution is 2.48. The zero-order valence-electron chi connectivity index (χ0n) is 14.0. The molecule has 3 N–H and O–H groups in total. The first kappa shape index (κ1) is 19.4. The van der Waals surface area contributed by atoms with E-state index in [1.165, 1.54) is 17.8 Å². The number of aromatic hydroxyl groups is 1. The normalized spacial score (nSPS) is 23.5. The van der Waals surface area contributed by atoms with Crippen molar-refractivity contribution >= 4 is 23.7 Å².